The first-order valence-corrected chi connectivity index (χ1v) is 12.2. The van der Waals surface area contributed by atoms with Gasteiger partial charge in [-0.15, -0.1) is 0 Å². The molecule has 0 bridgehead atoms. The first-order valence-electron chi connectivity index (χ1n) is 12.2. The lowest BCUT2D eigenvalue weighted by atomic mass is 9.69. The maximum absolute atomic E-state index is 13.1. The van der Waals surface area contributed by atoms with Crippen molar-refractivity contribution in [2.45, 2.75) is 32.0 Å². The van der Waals surface area contributed by atoms with E-state index in [0.29, 0.717) is 34.8 Å². The van der Waals surface area contributed by atoms with Gasteiger partial charge in [-0.2, -0.15) is 4.90 Å². The van der Waals surface area contributed by atoms with Gasteiger partial charge in [0, 0.05) is 12.1 Å². The highest BCUT2D eigenvalue weighted by atomic mass is 16.5. The lowest BCUT2D eigenvalue weighted by Crippen LogP contribution is -2.38. The molecule has 10 nitrogen and oxygen atoms in total. The number of amides is 3. The zero-order valence-electron chi connectivity index (χ0n) is 20.3. The van der Waals surface area contributed by atoms with Gasteiger partial charge in [-0.3, -0.25) is 14.6 Å². The third-order valence-electron chi connectivity index (χ3n) is 7.38. The van der Waals surface area contributed by atoms with Crippen LogP contribution in [0.5, 0.6) is 0 Å². The largest absolute Gasteiger partial charge is 0.459 e. The maximum Gasteiger partial charge on any atom is 0.423 e. The standard InChI is InChI=1S/C27H28N2O8/c1-35-27(34)29-25(32)19-11-16(12-30)23-20(24(19)26(29)33)14-36-22(23)8-5-15(21-4-2-3-9-28-21)10-17-6-7-18(13-31)37-17/h2-4,6-7,9-10,19-20,22,24,30-31H,5,8,11-14H2,1H3/b15-10-/t19-,20+,22-,24-/m1/s1. The number of aliphatic hydroxyl groups is 2. The maximum atomic E-state index is 13.1. The number of aromatic nitrogens is 1. The molecule has 194 valence electrons. The molecule has 2 saturated heterocycles. The topological polar surface area (TPSA) is 139 Å². The average Bonchev–Trinajstić information content (AvgIpc) is 3.62. The average molecular weight is 509 g/mol. The van der Waals surface area contributed by atoms with Crippen molar-refractivity contribution in [2.24, 2.45) is 17.8 Å². The van der Waals surface area contributed by atoms with E-state index < -0.39 is 35.7 Å². The van der Waals surface area contributed by atoms with Crippen molar-refractivity contribution >= 4 is 29.6 Å². The summed E-state index contributed by atoms with van der Waals surface area (Å²) in [4.78, 5) is 43.1. The number of ether oxygens (including phenoxy) is 2. The van der Waals surface area contributed by atoms with Gasteiger partial charge in [-0.25, -0.2) is 4.79 Å². The molecule has 2 aromatic rings. The van der Waals surface area contributed by atoms with Crippen LogP contribution in [0.4, 0.5) is 4.79 Å². The number of fused-ring (bicyclic) bond motifs is 3. The van der Waals surface area contributed by atoms with Gasteiger partial charge in [0.05, 0.1) is 44.0 Å². The first-order chi connectivity index (χ1) is 18.0. The molecule has 4 atom stereocenters. The normalized spacial score (nSPS) is 25.5. The number of aliphatic hydroxyl groups excluding tert-OH is 2. The molecule has 37 heavy (non-hydrogen) atoms. The highest BCUT2D eigenvalue weighted by molar-refractivity contribution is 6.16. The summed E-state index contributed by atoms with van der Waals surface area (Å²) in [5.74, 6) is -1.94. The minimum absolute atomic E-state index is 0.195. The Kier molecular flexibility index (Phi) is 7.05. The van der Waals surface area contributed by atoms with Crippen LogP contribution < -0.4 is 0 Å². The quantitative estimate of drug-likeness (QED) is 0.427. The predicted molar refractivity (Wildman–Crippen MR) is 129 cm³/mol. The van der Waals surface area contributed by atoms with Gasteiger partial charge in [-0.05, 0) is 66.3 Å². The Labute approximate surface area is 213 Å². The lowest BCUT2D eigenvalue weighted by molar-refractivity contribution is -0.137. The van der Waals surface area contributed by atoms with Gasteiger partial charge in [0.2, 0.25) is 11.8 Å². The van der Waals surface area contributed by atoms with Gasteiger partial charge in [-0.1, -0.05) is 6.07 Å². The van der Waals surface area contributed by atoms with Crippen molar-refractivity contribution in [3.63, 3.8) is 0 Å². The fourth-order valence-corrected chi connectivity index (χ4v) is 5.73. The van der Waals surface area contributed by atoms with Crippen LogP contribution >= 0.6 is 0 Å². The van der Waals surface area contributed by atoms with E-state index in [1.807, 2.05) is 24.3 Å². The van der Waals surface area contributed by atoms with Crippen LogP contribution in [0.1, 0.15) is 36.5 Å². The Morgan fingerprint density at radius 1 is 1.16 bits per heavy atom. The van der Waals surface area contributed by atoms with Crippen LogP contribution in [-0.4, -0.2) is 64.4 Å². The third-order valence-corrected chi connectivity index (χ3v) is 7.38. The lowest BCUT2D eigenvalue weighted by Gasteiger charge is -2.31. The van der Waals surface area contributed by atoms with E-state index in [4.69, 9.17) is 9.15 Å². The van der Waals surface area contributed by atoms with E-state index in [-0.39, 0.29) is 32.3 Å². The number of furan rings is 1. The molecule has 0 aromatic carbocycles. The smallest absolute Gasteiger partial charge is 0.423 e. The van der Waals surface area contributed by atoms with Gasteiger partial charge >= 0.3 is 6.09 Å². The Balaban J connectivity index is 1.40. The SMILES string of the molecule is COC(=O)N1C(=O)[C@@H]2[C@@H](CC(CO)=C3[C@@H](CC/C(=C/c4ccc(CO)o4)c4ccccn4)OC[C@@H]32)C1=O. The molecule has 3 aliphatic rings. The van der Waals surface area contributed by atoms with Crippen LogP contribution in [0.3, 0.4) is 0 Å². The molecule has 2 aromatic heterocycles. The molecule has 0 unspecified atom stereocenters. The fourth-order valence-electron chi connectivity index (χ4n) is 5.73. The highest BCUT2D eigenvalue weighted by Gasteiger charge is 2.58. The molecule has 2 N–H and O–H groups in total. The van der Waals surface area contributed by atoms with E-state index in [2.05, 4.69) is 9.72 Å². The molecule has 0 saturated carbocycles. The molecular weight excluding hydrogens is 480 g/mol. The van der Waals surface area contributed by atoms with E-state index >= 15 is 0 Å². The van der Waals surface area contributed by atoms with Crippen molar-refractivity contribution in [3.05, 3.63) is 64.9 Å². The number of nitrogens with zero attached hydrogens (tertiary/aromatic N) is 2. The molecule has 2 aliphatic heterocycles. The molecule has 0 radical (unpaired) electrons. The Morgan fingerprint density at radius 3 is 2.68 bits per heavy atom. The summed E-state index contributed by atoms with van der Waals surface area (Å²) in [6.07, 6.45) is 3.53. The van der Waals surface area contributed by atoms with Crippen LogP contribution in [0, 0.1) is 17.8 Å². The Bertz CT molecular complexity index is 1260. The van der Waals surface area contributed by atoms with Crippen molar-refractivity contribution in [2.75, 3.05) is 20.3 Å². The van der Waals surface area contributed by atoms with Crippen molar-refractivity contribution in [1.82, 2.24) is 9.88 Å². The Hall–Kier alpha value is -3.60. The number of carbonyl (C=O) groups excluding carboxylic acids is 3. The number of pyridine rings is 1. The highest BCUT2D eigenvalue weighted by Crippen LogP contribution is 2.50. The molecular formula is C27H28N2O8. The summed E-state index contributed by atoms with van der Waals surface area (Å²) in [6.45, 7) is -0.230. The predicted octanol–water partition coefficient (Wildman–Crippen LogP) is 2.56. The van der Waals surface area contributed by atoms with Crippen LogP contribution in [0.2, 0.25) is 0 Å². The van der Waals surface area contributed by atoms with Gasteiger partial charge < -0.3 is 24.1 Å². The number of likely N-dealkylation sites (tertiary alicyclic amines) is 1. The minimum atomic E-state index is -0.987. The number of hydrogen-bond acceptors (Lipinski definition) is 9. The molecule has 1 aliphatic carbocycles. The number of hydrogen-bond donors (Lipinski definition) is 2. The molecule has 5 rings (SSSR count). The van der Waals surface area contributed by atoms with E-state index in [0.717, 1.165) is 23.9 Å². The van der Waals surface area contributed by atoms with Gasteiger partial charge in [0.25, 0.3) is 0 Å². The van der Waals surface area contributed by atoms with E-state index in [9.17, 15) is 24.6 Å². The van der Waals surface area contributed by atoms with E-state index in [1.165, 1.54) is 0 Å². The number of methoxy groups -OCH3 is 1. The zero-order valence-corrected chi connectivity index (χ0v) is 20.3. The second-order valence-electron chi connectivity index (χ2n) is 9.35. The fraction of sp³-hybridized carbons (Fsp3) is 0.407. The monoisotopic (exact) mass is 508 g/mol. The van der Waals surface area contributed by atoms with Crippen molar-refractivity contribution in [3.8, 4) is 0 Å². The summed E-state index contributed by atoms with van der Waals surface area (Å²) in [6, 6.07) is 9.11. The summed E-state index contributed by atoms with van der Waals surface area (Å²) in [7, 11) is 1.13. The number of carbonyl (C=O) groups is 3. The van der Waals surface area contributed by atoms with E-state index in [1.54, 1.807) is 18.3 Å². The van der Waals surface area contributed by atoms with Crippen molar-refractivity contribution in [1.29, 1.82) is 0 Å². The second kappa shape index (κ2) is 10.4. The molecule has 4 heterocycles. The number of rotatable bonds is 7. The Morgan fingerprint density at radius 2 is 2.00 bits per heavy atom. The zero-order chi connectivity index (χ0) is 26.1. The first kappa shape index (κ1) is 25.1. The third kappa shape index (κ3) is 4.52. The molecule has 2 fully saturated rings. The number of imide groups is 3. The second-order valence-corrected chi connectivity index (χ2v) is 9.35. The number of allylic oxidation sites excluding steroid dienone is 1. The summed E-state index contributed by atoms with van der Waals surface area (Å²) in [5, 5.41) is 19.5. The van der Waals surface area contributed by atoms with Crippen molar-refractivity contribution < 1.29 is 38.5 Å². The van der Waals surface area contributed by atoms with Gasteiger partial charge in [0.1, 0.15) is 18.1 Å². The van der Waals surface area contributed by atoms with Crippen LogP contribution in [0.15, 0.2) is 52.1 Å². The molecule has 0 spiro atoms. The molecule has 10 heteroatoms. The summed E-state index contributed by atoms with van der Waals surface area (Å²) < 4.78 is 16.4. The van der Waals surface area contributed by atoms with Crippen LogP contribution in [-0.2, 0) is 25.7 Å². The summed E-state index contributed by atoms with van der Waals surface area (Å²) >= 11 is 0. The van der Waals surface area contributed by atoms with Gasteiger partial charge in [0.15, 0.2) is 0 Å². The summed E-state index contributed by atoms with van der Waals surface area (Å²) in [5.41, 5.74) is 3.20. The molecule has 3 amide bonds. The minimum Gasteiger partial charge on any atom is -0.459 e. The van der Waals surface area contributed by atoms with Crippen LogP contribution in [0.25, 0.3) is 11.6 Å².